The molecule has 0 aliphatic carbocycles. The van der Waals surface area contributed by atoms with Crippen LogP contribution in [0.2, 0.25) is 0 Å². The summed E-state index contributed by atoms with van der Waals surface area (Å²) in [6.45, 7) is 9.54. The molecule has 1 aliphatic rings. The monoisotopic (exact) mass is 237 g/mol. The minimum absolute atomic E-state index is 0.226. The molecule has 0 unspecified atom stereocenters. The quantitative estimate of drug-likeness (QED) is 0.698. The topological polar surface area (TPSA) is 31.4 Å². The third-order valence-electron chi connectivity index (χ3n) is 3.49. The lowest BCUT2D eigenvalue weighted by molar-refractivity contribution is 0.00578. The van der Waals surface area contributed by atoms with Crippen molar-refractivity contribution in [2.24, 2.45) is 0 Å². The van der Waals surface area contributed by atoms with Crippen LogP contribution in [0.3, 0.4) is 0 Å². The van der Waals surface area contributed by atoms with Gasteiger partial charge in [0.25, 0.3) is 0 Å². The molecule has 1 aromatic heterocycles. The number of rotatable bonds is 1. The Balaban J connectivity index is 2.35. The second kappa shape index (κ2) is 3.78. The number of nitrogens with zero attached hydrogens (tertiary/aromatic N) is 1. The molecule has 1 aromatic rings. The molecule has 0 aromatic carbocycles. The molecule has 92 valence electrons. The van der Waals surface area contributed by atoms with E-state index in [0.717, 1.165) is 5.69 Å². The van der Waals surface area contributed by atoms with Gasteiger partial charge in [-0.25, -0.2) is 4.39 Å². The highest BCUT2D eigenvalue weighted by Crippen LogP contribution is 2.36. The van der Waals surface area contributed by atoms with Crippen LogP contribution in [0.5, 0.6) is 0 Å². The van der Waals surface area contributed by atoms with E-state index in [9.17, 15) is 4.39 Å². The first-order chi connectivity index (χ1) is 7.73. The van der Waals surface area contributed by atoms with Gasteiger partial charge in [-0.2, -0.15) is 0 Å². The summed E-state index contributed by atoms with van der Waals surface area (Å²) in [5, 5.41) is 0. The Morgan fingerprint density at radius 2 is 1.65 bits per heavy atom. The van der Waals surface area contributed by atoms with Crippen molar-refractivity contribution in [2.45, 2.75) is 45.8 Å². The molecule has 2 heterocycles. The Hall–Kier alpha value is -0.935. The Kier molecular flexibility index (Phi) is 2.79. The second-order valence-electron chi connectivity index (χ2n) is 5.41. The van der Waals surface area contributed by atoms with Crippen molar-refractivity contribution < 1.29 is 13.7 Å². The normalized spacial score (nSPS) is 21.9. The number of aromatic nitrogens is 1. The standard InChI is InChI=1S/C12H17BFNO2/c1-8-6-7-9(14)10(15-8)13-16-11(2,3)12(4,5)17-13/h6-7H,1-5H3. The molecule has 0 amide bonds. The van der Waals surface area contributed by atoms with E-state index in [1.54, 1.807) is 6.07 Å². The minimum Gasteiger partial charge on any atom is -0.398 e. The Labute approximate surface area is 101 Å². The maximum atomic E-state index is 13.7. The van der Waals surface area contributed by atoms with Crippen LogP contribution in [-0.4, -0.2) is 23.3 Å². The van der Waals surface area contributed by atoms with Crippen LogP contribution in [-0.2, 0) is 9.31 Å². The van der Waals surface area contributed by atoms with Crippen molar-refractivity contribution in [1.29, 1.82) is 0 Å². The minimum atomic E-state index is -0.736. The summed E-state index contributed by atoms with van der Waals surface area (Å²) in [6.07, 6.45) is 0. The number of halogens is 1. The summed E-state index contributed by atoms with van der Waals surface area (Å²) in [5.74, 6) is -0.394. The fourth-order valence-electron chi connectivity index (χ4n) is 1.68. The third kappa shape index (κ3) is 2.09. The zero-order valence-electron chi connectivity index (χ0n) is 10.9. The zero-order chi connectivity index (χ0) is 12.8. The van der Waals surface area contributed by atoms with Crippen LogP contribution in [0.15, 0.2) is 12.1 Å². The van der Waals surface area contributed by atoms with Gasteiger partial charge in [0, 0.05) is 5.69 Å². The average Bonchev–Trinajstić information content (AvgIpc) is 2.40. The van der Waals surface area contributed by atoms with Crippen LogP contribution in [0.4, 0.5) is 4.39 Å². The first kappa shape index (κ1) is 12.5. The lowest BCUT2D eigenvalue weighted by atomic mass is 9.83. The van der Waals surface area contributed by atoms with E-state index >= 15 is 0 Å². The molecule has 2 rings (SSSR count). The fourth-order valence-corrected chi connectivity index (χ4v) is 1.68. The molecule has 17 heavy (non-hydrogen) atoms. The van der Waals surface area contributed by atoms with Gasteiger partial charge in [0.1, 0.15) is 11.4 Å². The zero-order valence-corrected chi connectivity index (χ0v) is 10.9. The first-order valence-corrected chi connectivity index (χ1v) is 5.72. The van der Waals surface area contributed by atoms with Crippen molar-refractivity contribution in [2.75, 3.05) is 0 Å². The molecule has 1 aliphatic heterocycles. The van der Waals surface area contributed by atoms with Gasteiger partial charge in [0.05, 0.1) is 11.2 Å². The molecular formula is C12H17BFNO2. The third-order valence-corrected chi connectivity index (χ3v) is 3.49. The molecule has 0 atom stereocenters. The van der Waals surface area contributed by atoms with E-state index in [0.29, 0.717) is 0 Å². The summed E-state index contributed by atoms with van der Waals surface area (Å²) in [6, 6.07) is 3.02. The Morgan fingerprint density at radius 3 is 2.18 bits per heavy atom. The van der Waals surface area contributed by atoms with Crippen molar-refractivity contribution in [3.8, 4) is 0 Å². The molecular weight excluding hydrogens is 220 g/mol. The Bertz CT molecular complexity index is 432. The van der Waals surface area contributed by atoms with E-state index in [1.807, 2.05) is 34.6 Å². The van der Waals surface area contributed by atoms with Crippen LogP contribution in [0.25, 0.3) is 0 Å². The van der Waals surface area contributed by atoms with Gasteiger partial charge < -0.3 is 9.31 Å². The van der Waals surface area contributed by atoms with E-state index in [2.05, 4.69) is 4.98 Å². The van der Waals surface area contributed by atoms with Crippen molar-refractivity contribution in [1.82, 2.24) is 4.98 Å². The van der Waals surface area contributed by atoms with Gasteiger partial charge in [0.2, 0.25) is 0 Å². The summed E-state index contributed by atoms with van der Waals surface area (Å²) in [7, 11) is -0.736. The highest BCUT2D eigenvalue weighted by atomic mass is 19.1. The van der Waals surface area contributed by atoms with Gasteiger partial charge in [-0.3, -0.25) is 4.98 Å². The van der Waals surface area contributed by atoms with Crippen LogP contribution < -0.4 is 5.59 Å². The van der Waals surface area contributed by atoms with E-state index < -0.39 is 24.1 Å². The summed E-state index contributed by atoms with van der Waals surface area (Å²) in [4.78, 5) is 4.16. The molecule has 0 spiro atoms. The van der Waals surface area contributed by atoms with Crippen LogP contribution >= 0.6 is 0 Å². The van der Waals surface area contributed by atoms with E-state index in [1.165, 1.54) is 6.07 Å². The van der Waals surface area contributed by atoms with Gasteiger partial charge in [-0.05, 0) is 46.8 Å². The predicted molar refractivity (Wildman–Crippen MR) is 64.6 cm³/mol. The number of pyridine rings is 1. The summed E-state index contributed by atoms with van der Waals surface area (Å²) >= 11 is 0. The smallest absolute Gasteiger partial charge is 0.398 e. The molecule has 3 nitrogen and oxygen atoms in total. The van der Waals surface area contributed by atoms with Crippen LogP contribution in [0, 0.1) is 12.7 Å². The maximum absolute atomic E-state index is 13.7. The molecule has 0 saturated carbocycles. The molecule has 0 N–H and O–H groups in total. The van der Waals surface area contributed by atoms with Crippen molar-refractivity contribution in [3.05, 3.63) is 23.6 Å². The van der Waals surface area contributed by atoms with Crippen molar-refractivity contribution in [3.63, 3.8) is 0 Å². The van der Waals surface area contributed by atoms with Gasteiger partial charge in [-0.1, -0.05) is 0 Å². The summed E-state index contributed by atoms with van der Waals surface area (Å²) in [5.41, 5.74) is 0.0187. The summed E-state index contributed by atoms with van der Waals surface area (Å²) < 4.78 is 25.2. The lowest BCUT2D eigenvalue weighted by Crippen LogP contribution is -2.41. The van der Waals surface area contributed by atoms with Crippen molar-refractivity contribution >= 4 is 12.7 Å². The molecule has 0 bridgehead atoms. The Morgan fingerprint density at radius 1 is 1.12 bits per heavy atom. The average molecular weight is 237 g/mol. The largest absolute Gasteiger partial charge is 0.517 e. The van der Waals surface area contributed by atoms with Crippen LogP contribution in [0.1, 0.15) is 33.4 Å². The molecule has 1 fully saturated rings. The second-order valence-corrected chi connectivity index (χ2v) is 5.41. The molecule has 1 saturated heterocycles. The van der Waals surface area contributed by atoms with E-state index in [-0.39, 0.29) is 5.59 Å². The number of aryl methyl sites for hydroxylation is 1. The molecule has 0 radical (unpaired) electrons. The number of hydrogen-bond donors (Lipinski definition) is 0. The van der Waals surface area contributed by atoms with Gasteiger partial charge in [0.15, 0.2) is 0 Å². The first-order valence-electron chi connectivity index (χ1n) is 5.72. The predicted octanol–water partition coefficient (Wildman–Crippen LogP) is 1.83. The number of hydrogen-bond acceptors (Lipinski definition) is 3. The molecule has 5 heteroatoms. The van der Waals surface area contributed by atoms with Gasteiger partial charge in [-0.15, -0.1) is 0 Å². The van der Waals surface area contributed by atoms with Gasteiger partial charge >= 0.3 is 7.12 Å². The highest BCUT2D eigenvalue weighted by Gasteiger charge is 2.53. The highest BCUT2D eigenvalue weighted by molar-refractivity contribution is 6.61. The van der Waals surface area contributed by atoms with E-state index in [4.69, 9.17) is 9.31 Å². The maximum Gasteiger partial charge on any atom is 0.517 e. The fraction of sp³-hybridized carbons (Fsp3) is 0.583. The SMILES string of the molecule is Cc1ccc(F)c(B2OC(C)(C)C(C)(C)O2)n1. The lowest BCUT2D eigenvalue weighted by Gasteiger charge is -2.32.